The molecule has 0 fully saturated rings. The molecule has 15 heavy (non-hydrogen) atoms. The van der Waals surface area contributed by atoms with Crippen molar-refractivity contribution < 1.29 is 4.74 Å². The summed E-state index contributed by atoms with van der Waals surface area (Å²) < 4.78 is 5.30. The molecule has 88 valence electrons. The van der Waals surface area contributed by atoms with Gasteiger partial charge in [0, 0.05) is 39.3 Å². The van der Waals surface area contributed by atoms with E-state index >= 15 is 0 Å². The van der Waals surface area contributed by atoms with Gasteiger partial charge >= 0.3 is 0 Å². The zero-order chi connectivity index (χ0) is 11.5. The second-order valence-corrected chi connectivity index (χ2v) is 4.15. The molecule has 0 N–H and O–H groups in total. The Hall–Kier alpha value is -0.590. The van der Waals surface area contributed by atoms with Crippen LogP contribution in [0.3, 0.4) is 0 Å². The van der Waals surface area contributed by atoms with E-state index in [-0.39, 0.29) is 0 Å². The van der Waals surface area contributed by atoms with Crippen LogP contribution in [0.25, 0.3) is 0 Å². The maximum atomic E-state index is 8.56. The lowest BCUT2D eigenvalue weighted by Crippen LogP contribution is -2.30. The van der Waals surface area contributed by atoms with Gasteiger partial charge in [-0.25, -0.2) is 0 Å². The van der Waals surface area contributed by atoms with Gasteiger partial charge in [-0.2, -0.15) is 5.26 Å². The third-order valence-electron chi connectivity index (χ3n) is 2.13. The van der Waals surface area contributed by atoms with Gasteiger partial charge in [-0.15, -0.1) is 0 Å². The molecule has 0 radical (unpaired) electrons. The van der Waals surface area contributed by atoms with E-state index in [1.807, 2.05) is 6.92 Å². The highest BCUT2D eigenvalue weighted by atomic mass is 16.5. The summed E-state index contributed by atoms with van der Waals surface area (Å²) in [4.78, 5) is 2.35. The molecular formula is C12H24N2O. The molecule has 0 saturated carbocycles. The molecule has 0 unspecified atom stereocenters. The summed E-state index contributed by atoms with van der Waals surface area (Å²) >= 11 is 0. The predicted molar refractivity (Wildman–Crippen MR) is 62.6 cm³/mol. The number of nitriles is 1. The first-order valence-corrected chi connectivity index (χ1v) is 5.87. The first kappa shape index (κ1) is 14.4. The van der Waals surface area contributed by atoms with Gasteiger partial charge in [0.1, 0.15) is 0 Å². The summed E-state index contributed by atoms with van der Waals surface area (Å²) in [5.74, 6) is 0.663. The SMILES string of the molecule is CCOCCCN(CCC#N)CC(C)C. The molecule has 0 rings (SSSR count). The van der Waals surface area contributed by atoms with Crippen LogP contribution in [0.1, 0.15) is 33.6 Å². The molecule has 0 aromatic rings. The Morgan fingerprint density at radius 2 is 2.07 bits per heavy atom. The van der Waals surface area contributed by atoms with Gasteiger partial charge in [0.15, 0.2) is 0 Å². The van der Waals surface area contributed by atoms with E-state index in [0.717, 1.165) is 39.3 Å². The fourth-order valence-electron chi connectivity index (χ4n) is 1.55. The fourth-order valence-corrected chi connectivity index (χ4v) is 1.55. The van der Waals surface area contributed by atoms with Crippen molar-refractivity contribution in [3.05, 3.63) is 0 Å². The van der Waals surface area contributed by atoms with Crippen LogP contribution in [0.4, 0.5) is 0 Å². The minimum atomic E-state index is 0.626. The first-order chi connectivity index (χ1) is 7.20. The van der Waals surface area contributed by atoms with Crippen LogP contribution in [0.15, 0.2) is 0 Å². The molecule has 0 saturated heterocycles. The highest BCUT2D eigenvalue weighted by molar-refractivity contribution is 4.72. The van der Waals surface area contributed by atoms with Gasteiger partial charge < -0.3 is 9.64 Å². The molecule has 0 aliphatic heterocycles. The van der Waals surface area contributed by atoms with Crippen LogP contribution < -0.4 is 0 Å². The van der Waals surface area contributed by atoms with Crippen LogP contribution in [-0.4, -0.2) is 37.7 Å². The van der Waals surface area contributed by atoms with E-state index in [2.05, 4.69) is 24.8 Å². The van der Waals surface area contributed by atoms with Gasteiger partial charge in [0.05, 0.1) is 6.07 Å². The lowest BCUT2D eigenvalue weighted by Gasteiger charge is -2.22. The van der Waals surface area contributed by atoms with E-state index < -0.39 is 0 Å². The summed E-state index contributed by atoms with van der Waals surface area (Å²) in [5.41, 5.74) is 0. The molecule has 0 aromatic carbocycles. The number of hydrogen-bond donors (Lipinski definition) is 0. The molecule has 3 nitrogen and oxygen atoms in total. The second kappa shape index (κ2) is 9.95. The Labute approximate surface area is 94.0 Å². The van der Waals surface area contributed by atoms with Crippen molar-refractivity contribution in [1.82, 2.24) is 4.90 Å². The monoisotopic (exact) mass is 212 g/mol. The number of hydrogen-bond acceptors (Lipinski definition) is 3. The van der Waals surface area contributed by atoms with Gasteiger partial charge in [-0.3, -0.25) is 0 Å². The number of ether oxygens (including phenoxy) is 1. The average Bonchev–Trinajstić information content (AvgIpc) is 2.19. The van der Waals surface area contributed by atoms with E-state index in [1.165, 1.54) is 0 Å². The standard InChI is InChI=1S/C12H24N2O/c1-4-15-10-6-9-14(8-5-7-13)11-12(2)3/h12H,4-6,8-11H2,1-3H3. The molecule has 0 amide bonds. The highest BCUT2D eigenvalue weighted by Crippen LogP contribution is 2.01. The zero-order valence-electron chi connectivity index (χ0n) is 10.3. The van der Waals surface area contributed by atoms with E-state index in [4.69, 9.17) is 10.00 Å². The van der Waals surface area contributed by atoms with Crippen molar-refractivity contribution in [1.29, 1.82) is 5.26 Å². The summed E-state index contributed by atoms with van der Waals surface area (Å²) in [5, 5.41) is 8.56. The lowest BCUT2D eigenvalue weighted by atomic mass is 10.2. The van der Waals surface area contributed by atoms with Crippen molar-refractivity contribution in [2.45, 2.75) is 33.6 Å². The third kappa shape index (κ3) is 9.71. The predicted octanol–water partition coefficient (Wildman–Crippen LogP) is 2.28. The molecule has 3 heteroatoms. The van der Waals surface area contributed by atoms with E-state index in [0.29, 0.717) is 12.3 Å². The Balaban J connectivity index is 3.65. The normalized spacial score (nSPS) is 10.9. The molecule has 0 spiro atoms. The summed E-state index contributed by atoms with van der Waals surface area (Å²) in [7, 11) is 0. The first-order valence-electron chi connectivity index (χ1n) is 5.87. The molecule has 0 aliphatic carbocycles. The Morgan fingerprint density at radius 3 is 2.60 bits per heavy atom. The summed E-state index contributed by atoms with van der Waals surface area (Å²) in [6.45, 7) is 11.1. The highest BCUT2D eigenvalue weighted by Gasteiger charge is 2.06. The van der Waals surface area contributed by atoms with Crippen molar-refractivity contribution in [3.8, 4) is 6.07 Å². The van der Waals surface area contributed by atoms with Crippen LogP contribution in [0.2, 0.25) is 0 Å². The Bertz CT molecular complexity index is 175. The molecule has 0 heterocycles. The molecular weight excluding hydrogens is 188 g/mol. The Morgan fingerprint density at radius 1 is 1.33 bits per heavy atom. The molecule has 0 aromatic heterocycles. The van der Waals surface area contributed by atoms with Crippen molar-refractivity contribution in [2.75, 3.05) is 32.8 Å². The van der Waals surface area contributed by atoms with Crippen LogP contribution >= 0.6 is 0 Å². The minimum Gasteiger partial charge on any atom is -0.382 e. The van der Waals surface area contributed by atoms with Crippen molar-refractivity contribution in [3.63, 3.8) is 0 Å². The lowest BCUT2D eigenvalue weighted by molar-refractivity contribution is 0.129. The molecule has 0 aliphatic rings. The maximum absolute atomic E-state index is 8.56. The molecule has 0 bridgehead atoms. The van der Waals surface area contributed by atoms with Gasteiger partial charge in [-0.1, -0.05) is 13.8 Å². The Kier molecular flexibility index (Phi) is 9.55. The summed E-state index contributed by atoms with van der Waals surface area (Å²) in [6, 6.07) is 2.20. The second-order valence-electron chi connectivity index (χ2n) is 4.15. The number of rotatable bonds is 9. The smallest absolute Gasteiger partial charge is 0.0635 e. The van der Waals surface area contributed by atoms with Gasteiger partial charge in [0.2, 0.25) is 0 Å². The van der Waals surface area contributed by atoms with Gasteiger partial charge in [0.25, 0.3) is 0 Å². The summed E-state index contributed by atoms with van der Waals surface area (Å²) in [6.07, 6.45) is 1.69. The average molecular weight is 212 g/mol. The largest absolute Gasteiger partial charge is 0.382 e. The quantitative estimate of drug-likeness (QED) is 0.550. The van der Waals surface area contributed by atoms with Crippen molar-refractivity contribution in [2.24, 2.45) is 5.92 Å². The van der Waals surface area contributed by atoms with Crippen LogP contribution in [0.5, 0.6) is 0 Å². The zero-order valence-corrected chi connectivity index (χ0v) is 10.3. The molecule has 0 atom stereocenters. The maximum Gasteiger partial charge on any atom is 0.0635 e. The van der Waals surface area contributed by atoms with Gasteiger partial charge in [-0.05, 0) is 19.3 Å². The van der Waals surface area contributed by atoms with Crippen molar-refractivity contribution >= 4 is 0 Å². The third-order valence-corrected chi connectivity index (χ3v) is 2.13. The van der Waals surface area contributed by atoms with Crippen LogP contribution in [0, 0.1) is 17.2 Å². The van der Waals surface area contributed by atoms with E-state index in [1.54, 1.807) is 0 Å². The topological polar surface area (TPSA) is 36.3 Å². The van der Waals surface area contributed by atoms with Crippen LogP contribution in [-0.2, 0) is 4.74 Å². The number of nitrogens with zero attached hydrogens (tertiary/aromatic N) is 2. The fraction of sp³-hybridized carbons (Fsp3) is 0.917. The minimum absolute atomic E-state index is 0.626. The van der Waals surface area contributed by atoms with E-state index in [9.17, 15) is 0 Å².